The van der Waals surface area contributed by atoms with E-state index < -0.39 is 16.0 Å². The minimum atomic E-state index is -3.84. The van der Waals surface area contributed by atoms with Crippen molar-refractivity contribution >= 4 is 27.5 Å². The van der Waals surface area contributed by atoms with Gasteiger partial charge in [-0.3, -0.25) is 4.72 Å². The van der Waals surface area contributed by atoms with Crippen molar-refractivity contribution in [3.05, 3.63) is 47.7 Å². The molecule has 1 aromatic heterocycles. The van der Waals surface area contributed by atoms with Gasteiger partial charge in [0.2, 0.25) is 0 Å². The van der Waals surface area contributed by atoms with Crippen LogP contribution in [0.3, 0.4) is 0 Å². The largest absolute Gasteiger partial charge is 0.478 e. The van der Waals surface area contributed by atoms with E-state index in [1.807, 2.05) is 17.0 Å². The zero-order valence-electron chi connectivity index (χ0n) is 18.3. The lowest BCUT2D eigenvalue weighted by Crippen LogP contribution is -2.27. The summed E-state index contributed by atoms with van der Waals surface area (Å²) in [6.45, 7) is 1.51. The van der Waals surface area contributed by atoms with Gasteiger partial charge in [0.25, 0.3) is 10.0 Å². The van der Waals surface area contributed by atoms with Crippen LogP contribution < -0.4 is 9.62 Å². The van der Waals surface area contributed by atoms with Crippen LogP contribution in [0.15, 0.2) is 41.4 Å². The van der Waals surface area contributed by atoms with E-state index in [4.69, 9.17) is 0 Å². The molecule has 0 bridgehead atoms. The predicted molar refractivity (Wildman–Crippen MR) is 125 cm³/mol. The van der Waals surface area contributed by atoms with Crippen LogP contribution >= 0.6 is 0 Å². The summed E-state index contributed by atoms with van der Waals surface area (Å²) in [4.78, 5) is 18.4. The van der Waals surface area contributed by atoms with Gasteiger partial charge in [-0.15, -0.1) is 0 Å². The van der Waals surface area contributed by atoms with Gasteiger partial charge in [-0.1, -0.05) is 44.2 Å². The molecule has 7 nitrogen and oxygen atoms in total. The average molecular weight is 458 g/mol. The van der Waals surface area contributed by atoms with Crippen molar-refractivity contribution in [2.24, 2.45) is 0 Å². The number of pyridine rings is 1. The number of carbonyl (C=O) groups is 1. The summed E-state index contributed by atoms with van der Waals surface area (Å²) in [7, 11) is -3.84. The number of hydrogen-bond donors (Lipinski definition) is 2. The second kappa shape index (κ2) is 9.90. The van der Waals surface area contributed by atoms with E-state index in [2.05, 4.69) is 9.71 Å². The van der Waals surface area contributed by atoms with Gasteiger partial charge in [-0.25, -0.2) is 18.2 Å². The number of rotatable bonds is 6. The number of aromatic nitrogens is 1. The van der Waals surface area contributed by atoms with Crippen molar-refractivity contribution in [3.8, 4) is 0 Å². The third-order valence-corrected chi connectivity index (χ3v) is 7.92. The molecule has 1 aliphatic heterocycles. The second-order valence-electron chi connectivity index (χ2n) is 8.81. The van der Waals surface area contributed by atoms with Gasteiger partial charge < -0.3 is 10.0 Å². The van der Waals surface area contributed by atoms with Crippen molar-refractivity contribution in [3.63, 3.8) is 0 Å². The first-order valence-electron chi connectivity index (χ1n) is 11.5. The first-order valence-corrected chi connectivity index (χ1v) is 13.0. The molecule has 0 amide bonds. The van der Waals surface area contributed by atoms with Gasteiger partial charge in [0, 0.05) is 13.1 Å². The van der Waals surface area contributed by atoms with Gasteiger partial charge in [-0.05, 0) is 55.4 Å². The van der Waals surface area contributed by atoms with Crippen LogP contribution in [0.5, 0.6) is 0 Å². The monoisotopic (exact) mass is 457 g/mol. The minimum Gasteiger partial charge on any atom is -0.478 e. The molecular weight excluding hydrogens is 426 g/mol. The summed E-state index contributed by atoms with van der Waals surface area (Å²) in [6.07, 6.45) is 11.6. The lowest BCUT2D eigenvalue weighted by atomic mass is 9.84. The number of anilines is 2. The summed E-state index contributed by atoms with van der Waals surface area (Å²) in [6, 6.07) is 8.41. The number of benzene rings is 1. The van der Waals surface area contributed by atoms with E-state index in [1.54, 1.807) is 12.1 Å². The Morgan fingerprint density at radius 2 is 1.59 bits per heavy atom. The summed E-state index contributed by atoms with van der Waals surface area (Å²) in [5.74, 6) is -0.212. The van der Waals surface area contributed by atoms with Crippen LogP contribution in [0, 0.1) is 0 Å². The van der Waals surface area contributed by atoms with Crippen LogP contribution in [0.1, 0.15) is 79.6 Å². The Balaban J connectivity index is 1.53. The van der Waals surface area contributed by atoms with Crippen LogP contribution in [0.2, 0.25) is 0 Å². The Labute approximate surface area is 189 Å². The molecule has 172 valence electrons. The fraction of sp³-hybridized carbons (Fsp3) is 0.500. The smallest absolute Gasteiger partial charge is 0.339 e. The van der Waals surface area contributed by atoms with Crippen molar-refractivity contribution in [2.45, 2.75) is 68.6 Å². The topological polar surface area (TPSA) is 99.6 Å². The van der Waals surface area contributed by atoms with E-state index in [-0.39, 0.29) is 16.1 Å². The predicted octanol–water partition coefficient (Wildman–Crippen LogP) is 5.01. The molecule has 2 aliphatic rings. The molecule has 0 spiro atoms. The van der Waals surface area contributed by atoms with Crippen LogP contribution in [0.25, 0.3) is 0 Å². The molecule has 2 heterocycles. The number of nitrogens with one attached hydrogen (secondary N) is 1. The fourth-order valence-corrected chi connectivity index (χ4v) is 5.81. The average Bonchev–Trinajstić information content (AvgIpc) is 3.09. The molecule has 2 fully saturated rings. The van der Waals surface area contributed by atoms with Crippen LogP contribution in [0.4, 0.5) is 11.5 Å². The number of aromatic carboxylic acids is 1. The lowest BCUT2D eigenvalue weighted by molar-refractivity contribution is 0.0697. The van der Waals surface area contributed by atoms with E-state index >= 15 is 0 Å². The maximum Gasteiger partial charge on any atom is 0.339 e. The van der Waals surface area contributed by atoms with E-state index in [1.165, 1.54) is 37.1 Å². The number of nitrogens with zero attached hydrogens (tertiary/aromatic N) is 2. The fourth-order valence-electron chi connectivity index (χ4n) is 4.77. The number of carboxylic acids is 1. The molecule has 1 saturated carbocycles. The first kappa shape index (κ1) is 22.6. The van der Waals surface area contributed by atoms with Crippen molar-refractivity contribution in [2.75, 3.05) is 22.7 Å². The first-order chi connectivity index (χ1) is 15.4. The van der Waals surface area contributed by atoms with Gasteiger partial charge >= 0.3 is 5.97 Å². The van der Waals surface area contributed by atoms with Crippen molar-refractivity contribution in [1.82, 2.24) is 4.98 Å². The molecule has 1 saturated heterocycles. The van der Waals surface area contributed by atoms with Gasteiger partial charge in [0.15, 0.2) is 0 Å². The molecule has 0 unspecified atom stereocenters. The standard InChI is InChI=1S/C24H31N3O4S/c28-24(29)22-16-20(17-25-23(22)27-14-6-1-2-7-15-27)26-32(30,31)21-12-10-19(11-13-21)18-8-4-3-5-9-18/h10-13,16-18,26H,1-9,14-15H2,(H,28,29). The second-order valence-corrected chi connectivity index (χ2v) is 10.5. The Morgan fingerprint density at radius 3 is 2.22 bits per heavy atom. The number of carboxylic acid groups (broad SMARTS) is 1. The van der Waals surface area contributed by atoms with Crippen LogP contribution in [-0.4, -0.2) is 37.6 Å². The molecule has 1 aromatic carbocycles. The molecule has 1 aliphatic carbocycles. The molecule has 0 atom stereocenters. The maximum absolute atomic E-state index is 12.9. The summed E-state index contributed by atoms with van der Waals surface area (Å²) in [5.41, 5.74) is 1.34. The molecule has 4 rings (SSSR count). The maximum atomic E-state index is 12.9. The lowest BCUT2D eigenvalue weighted by Gasteiger charge is -2.23. The van der Waals surface area contributed by atoms with Crippen molar-refractivity contribution < 1.29 is 18.3 Å². The minimum absolute atomic E-state index is 0.0137. The van der Waals surface area contributed by atoms with Gasteiger partial charge in [0.05, 0.1) is 16.8 Å². The van der Waals surface area contributed by atoms with Gasteiger partial charge in [0.1, 0.15) is 11.4 Å². The zero-order chi connectivity index (χ0) is 22.6. The van der Waals surface area contributed by atoms with Crippen molar-refractivity contribution in [1.29, 1.82) is 0 Å². The number of hydrogen-bond acceptors (Lipinski definition) is 5. The molecule has 2 N–H and O–H groups in total. The quantitative estimate of drug-likeness (QED) is 0.633. The Kier molecular flexibility index (Phi) is 6.98. The highest BCUT2D eigenvalue weighted by atomic mass is 32.2. The van der Waals surface area contributed by atoms with E-state index in [9.17, 15) is 18.3 Å². The summed E-state index contributed by atoms with van der Waals surface area (Å²) >= 11 is 0. The zero-order valence-corrected chi connectivity index (χ0v) is 19.1. The highest BCUT2D eigenvalue weighted by molar-refractivity contribution is 7.92. The highest BCUT2D eigenvalue weighted by Crippen LogP contribution is 2.33. The Bertz CT molecular complexity index is 1040. The molecular formula is C24H31N3O4S. The molecule has 2 aromatic rings. The Morgan fingerprint density at radius 1 is 0.969 bits per heavy atom. The SMILES string of the molecule is O=C(O)c1cc(NS(=O)(=O)c2ccc(C3CCCCC3)cc2)cnc1N1CCCCCC1. The van der Waals surface area contributed by atoms with Crippen LogP contribution in [-0.2, 0) is 10.0 Å². The van der Waals surface area contributed by atoms with E-state index in [0.29, 0.717) is 11.7 Å². The molecule has 8 heteroatoms. The third-order valence-electron chi connectivity index (χ3n) is 6.52. The molecule has 0 radical (unpaired) electrons. The van der Waals surface area contributed by atoms with Gasteiger partial charge in [-0.2, -0.15) is 0 Å². The highest BCUT2D eigenvalue weighted by Gasteiger charge is 2.22. The third kappa shape index (κ3) is 5.23. The molecule has 32 heavy (non-hydrogen) atoms. The van der Waals surface area contributed by atoms with E-state index in [0.717, 1.165) is 51.6 Å². The summed E-state index contributed by atoms with van der Waals surface area (Å²) < 4.78 is 28.3. The Hall–Kier alpha value is -2.61. The summed E-state index contributed by atoms with van der Waals surface area (Å²) in [5, 5.41) is 9.72. The normalized spacial score (nSPS) is 18.2. The number of sulfonamides is 1.